The summed E-state index contributed by atoms with van der Waals surface area (Å²) in [6.07, 6.45) is 0.0788. The lowest BCUT2D eigenvalue weighted by molar-refractivity contribution is -0.116. The molecule has 3 aromatic rings. The molecule has 1 aliphatic rings. The first kappa shape index (κ1) is 21.3. The Morgan fingerprint density at radius 1 is 0.867 bits per heavy atom. The summed E-state index contributed by atoms with van der Waals surface area (Å²) in [5.41, 5.74) is 1.92. The number of amides is 1. The van der Waals surface area contributed by atoms with Crippen molar-refractivity contribution in [2.24, 2.45) is 0 Å². The van der Waals surface area contributed by atoms with Crippen LogP contribution < -0.4 is 9.62 Å². The number of halogens is 4. The number of rotatable bonds is 4. The summed E-state index contributed by atoms with van der Waals surface area (Å²) in [6.45, 7) is 0. The van der Waals surface area contributed by atoms with Gasteiger partial charge in [-0.2, -0.15) is 0 Å². The Morgan fingerprint density at radius 2 is 1.50 bits per heavy atom. The van der Waals surface area contributed by atoms with E-state index in [-0.39, 0.29) is 27.3 Å². The number of benzene rings is 3. The molecule has 0 unspecified atom stereocenters. The Kier molecular flexibility index (Phi) is 5.64. The van der Waals surface area contributed by atoms with Crippen molar-refractivity contribution in [3.8, 4) is 0 Å². The molecule has 0 atom stereocenters. The second-order valence-electron chi connectivity index (χ2n) is 6.53. The van der Waals surface area contributed by atoms with Gasteiger partial charge in [0, 0.05) is 15.7 Å². The first-order chi connectivity index (χ1) is 14.2. The molecule has 0 radical (unpaired) electrons. The van der Waals surface area contributed by atoms with Crippen molar-refractivity contribution >= 4 is 79.4 Å². The Bertz CT molecular complexity index is 1250. The zero-order valence-corrected chi connectivity index (χ0v) is 18.8. The van der Waals surface area contributed by atoms with E-state index in [1.165, 1.54) is 23.1 Å². The van der Waals surface area contributed by atoms with Gasteiger partial charge in [-0.3, -0.25) is 14.4 Å². The van der Waals surface area contributed by atoms with Gasteiger partial charge in [-0.25, -0.2) is 8.42 Å². The van der Waals surface area contributed by atoms with Gasteiger partial charge in [-0.05, 0) is 54.1 Å². The van der Waals surface area contributed by atoms with Gasteiger partial charge < -0.3 is 0 Å². The zero-order chi connectivity index (χ0) is 21.6. The standard InChI is InChI=1S/C20H12Cl4N2O3S/c21-12-8-13(22)10-15(9-12)30(28,29)25-14-4-5-18-11(6-14)7-19(27)26(18)20-16(23)2-1-3-17(20)24/h1-6,8-10,25H,7H2. The molecule has 1 heterocycles. The largest absolute Gasteiger partial charge is 0.280 e. The van der Waals surface area contributed by atoms with Crippen molar-refractivity contribution in [2.75, 3.05) is 9.62 Å². The van der Waals surface area contributed by atoms with Gasteiger partial charge in [0.15, 0.2) is 0 Å². The van der Waals surface area contributed by atoms with E-state index in [9.17, 15) is 13.2 Å². The van der Waals surface area contributed by atoms with Crippen LogP contribution in [0.15, 0.2) is 59.5 Å². The Morgan fingerprint density at radius 3 is 2.13 bits per heavy atom. The predicted octanol–water partition coefficient (Wildman–Crippen LogP) is 6.32. The number of hydrogen-bond acceptors (Lipinski definition) is 3. The average Bonchev–Trinajstić information content (AvgIpc) is 2.96. The SMILES string of the molecule is O=C1Cc2cc(NS(=O)(=O)c3cc(Cl)cc(Cl)c3)ccc2N1c1c(Cl)cccc1Cl. The highest BCUT2D eigenvalue weighted by Gasteiger charge is 2.32. The van der Waals surface area contributed by atoms with Gasteiger partial charge >= 0.3 is 0 Å². The molecule has 0 bridgehead atoms. The maximum absolute atomic E-state index is 12.7. The smallest absolute Gasteiger partial charge is 0.261 e. The molecular weight excluding hydrogens is 490 g/mol. The van der Waals surface area contributed by atoms with Crippen LogP contribution >= 0.6 is 46.4 Å². The van der Waals surface area contributed by atoms with E-state index in [1.54, 1.807) is 36.4 Å². The van der Waals surface area contributed by atoms with E-state index < -0.39 is 10.0 Å². The van der Waals surface area contributed by atoms with Crippen LogP contribution in [0.3, 0.4) is 0 Å². The number of carbonyl (C=O) groups excluding carboxylic acids is 1. The normalized spacial score (nSPS) is 13.5. The first-order valence-corrected chi connectivity index (χ1v) is 11.5. The minimum absolute atomic E-state index is 0.0685. The van der Waals surface area contributed by atoms with E-state index in [1.807, 2.05) is 0 Å². The molecule has 0 spiro atoms. The van der Waals surface area contributed by atoms with E-state index >= 15 is 0 Å². The molecule has 0 aromatic heterocycles. The first-order valence-electron chi connectivity index (χ1n) is 8.54. The van der Waals surface area contributed by atoms with Gasteiger partial charge in [0.25, 0.3) is 10.0 Å². The zero-order valence-electron chi connectivity index (χ0n) is 15.0. The van der Waals surface area contributed by atoms with Gasteiger partial charge in [0.05, 0.1) is 32.7 Å². The van der Waals surface area contributed by atoms with E-state index in [2.05, 4.69) is 4.72 Å². The highest BCUT2D eigenvalue weighted by atomic mass is 35.5. The van der Waals surface area contributed by atoms with Crippen LogP contribution in [-0.2, 0) is 21.2 Å². The van der Waals surface area contributed by atoms with Gasteiger partial charge in [0.2, 0.25) is 5.91 Å². The lowest BCUT2D eigenvalue weighted by atomic mass is 10.1. The van der Waals surface area contributed by atoms with Gasteiger partial charge in [-0.1, -0.05) is 52.5 Å². The summed E-state index contributed by atoms with van der Waals surface area (Å²) in [7, 11) is -3.93. The van der Waals surface area contributed by atoms with E-state index in [4.69, 9.17) is 46.4 Å². The summed E-state index contributed by atoms with van der Waals surface area (Å²) in [5.74, 6) is -0.221. The van der Waals surface area contributed by atoms with Crippen molar-refractivity contribution in [2.45, 2.75) is 11.3 Å². The van der Waals surface area contributed by atoms with Crippen molar-refractivity contribution in [1.82, 2.24) is 0 Å². The fourth-order valence-corrected chi connectivity index (χ4v) is 5.57. The Hall–Kier alpha value is -1.96. The molecule has 0 fully saturated rings. The fraction of sp³-hybridized carbons (Fsp3) is 0.0500. The number of carbonyl (C=O) groups is 1. The van der Waals surface area contributed by atoms with E-state index in [0.29, 0.717) is 32.7 Å². The summed E-state index contributed by atoms with van der Waals surface area (Å²) >= 11 is 24.3. The van der Waals surface area contributed by atoms with Gasteiger partial charge in [-0.15, -0.1) is 0 Å². The molecule has 5 nitrogen and oxygen atoms in total. The maximum Gasteiger partial charge on any atom is 0.261 e. The second-order valence-corrected chi connectivity index (χ2v) is 9.90. The second kappa shape index (κ2) is 7.94. The molecule has 30 heavy (non-hydrogen) atoms. The topological polar surface area (TPSA) is 66.5 Å². The molecule has 3 aromatic carbocycles. The molecule has 1 amide bonds. The number of hydrogen-bond donors (Lipinski definition) is 1. The number of para-hydroxylation sites is 1. The van der Waals surface area contributed by atoms with Crippen molar-refractivity contribution in [3.63, 3.8) is 0 Å². The third kappa shape index (κ3) is 3.98. The quantitative estimate of drug-likeness (QED) is 0.454. The highest BCUT2D eigenvalue weighted by Crippen LogP contribution is 2.43. The van der Waals surface area contributed by atoms with Crippen LogP contribution in [0.25, 0.3) is 0 Å². The number of nitrogens with zero attached hydrogens (tertiary/aromatic N) is 1. The third-order valence-electron chi connectivity index (χ3n) is 4.47. The number of anilines is 3. The lowest BCUT2D eigenvalue weighted by Gasteiger charge is -2.20. The van der Waals surface area contributed by atoms with Crippen LogP contribution in [0.5, 0.6) is 0 Å². The molecule has 10 heteroatoms. The average molecular weight is 502 g/mol. The molecule has 1 N–H and O–H groups in total. The van der Waals surface area contributed by atoms with E-state index in [0.717, 1.165) is 0 Å². The maximum atomic E-state index is 12.7. The summed E-state index contributed by atoms with van der Waals surface area (Å²) in [5, 5.41) is 1.09. The molecule has 0 saturated carbocycles. The number of sulfonamides is 1. The van der Waals surface area contributed by atoms with Crippen molar-refractivity contribution in [3.05, 3.63) is 80.3 Å². The third-order valence-corrected chi connectivity index (χ3v) is 6.88. The summed E-state index contributed by atoms with van der Waals surface area (Å²) in [4.78, 5) is 14.0. The number of fused-ring (bicyclic) bond motifs is 1. The predicted molar refractivity (Wildman–Crippen MR) is 121 cm³/mol. The molecule has 0 saturated heterocycles. The van der Waals surface area contributed by atoms with Gasteiger partial charge in [0.1, 0.15) is 0 Å². The monoisotopic (exact) mass is 500 g/mol. The van der Waals surface area contributed by atoms with Crippen molar-refractivity contribution < 1.29 is 13.2 Å². The Balaban J connectivity index is 1.69. The van der Waals surface area contributed by atoms with Crippen molar-refractivity contribution in [1.29, 1.82) is 0 Å². The fourth-order valence-electron chi connectivity index (χ4n) is 3.23. The van der Waals surface area contributed by atoms with Crippen LogP contribution in [0.2, 0.25) is 20.1 Å². The highest BCUT2D eigenvalue weighted by molar-refractivity contribution is 7.92. The van der Waals surface area contributed by atoms with Crippen LogP contribution in [-0.4, -0.2) is 14.3 Å². The number of nitrogens with one attached hydrogen (secondary N) is 1. The molecule has 154 valence electrons. The molecular formula is C20H12Cl4N2O3S. The minimum Gasteiger partial charge on any atom is -0.280 e. The minimum atomic E-state index is -3.93. The summed E-state index contributed by atoms with van der Waals surface area (Å²) in [6, 6.07) is 13.8. The van der Waals surface area contributed by atoms with Crippen LogP contribution in [0.1, 0.15) is 5.56 Å². The molecule has 0 aliphatic carbocycles. The lowest BCUT2D eigenvalue weighted by Crippen LogP contribution is -2.21. The molecule has 4 rings (SSSR count). The Labute approximate surface area is 193 Å². The molecule has 1 aliphatic heterocycles. The summed E-state index contributed by atoms with van der Waals surface area (Å²) < 4.78 is 27.9. The van der Waals surface area contributed by atoms with Crippen LogP contribution in [0.4, 0.5) is 17.1 Å². The van der Waals surface area contributed by atoms with Crippen LogP contribution in [0, 0.1) is 0 Å².